The van der Waals surface area contributed by atoms with Gasteiger partial charge < -0.3 is 5.32 Å². The summed E-state index contributed by atoms with van der Waals surface area (Å²) in [5, 5.41) is 2.66. The Morgan fingerprint density at radius 1 is 1.53 bits per heavy atom. The number of amides is 1. The first-order chi connectivity index (χ1) is 7.02. The van der Waals surface area contributed by atoms with E-state index in [1.807, 2.05) is 0 Å². The minimum absolute atomic E-state index is 0.122. The number of carbonyl (C=O) groups excluding carboxylic acids is 1. The van der Waals surface area contributed by atoms with Crippen LogP contribution < -0.4 is 5.32 Å². The van der Waals surface area contributed by atoms with Gasteiger partial charge in [-0.2, -0.15) is 0 Å². The van der Waals surface area contributed by atoms with Crippen LogP contribution in [0.1, 0.15) is 22.8 Å². The van der Waals surface area contributed by atoms with Crippen molar-refractivity contribution in [1.29, 1.82) is 0 Å². The van der Waals surface area contributed by atoms with Crippen LogP contribution in [0.4, 0.5) is 4.39 Å². The third-order valence-electron chi connectivity index (χ3n) is 1.91. The molecule has 0 saturated carbocycles. The van der Waals surface area contributed by atoms with Crippen molar-refractivity contribution in [2.75, 3.05) is 5.88 Å². The van der Waals surface area contributed by atoms with Gasteiger partial charge in [0.15, 0.2) is 0 Å². The molecule has 4 heteroatoms. The first-order valence-corrected chi connectivity index (χ1v) is 5.20. The fourth-order valence-electron chi connectivity index (χ4n) is 1.21. The van der Waals surface area contributed by atoms with E-state index in [4.69, 9.17) is 11.6 Å². The van der Waals surface area contributed by atoms with E-state index >= 15 is 0 Å². The van der Waals surface area contributed by atoms with Crippen LogP contribution in [0.3, 0.4) is 0 Å². The Balaban J connectivity index is 2.82. The standard InChI is InChI=1S/C11H13ClFNO/c1-7-3-9(5-10(13)4-7)11(15)14-8(2)6-12/h3-5,8H,6H2,1-2H3,(H,14,15). The zero-order chi connectivity index (χ0) is 11.4. The molecule has 1 atom stereocenters. The van der Waals surface area contributed by atoms with Crippen LogP contribution in [0.25, 0.3) is 0 Å². The highest BCUT2D eigenvalue weighted by molar-refractivity contribution is 6.18. The van der Waals surface area contributed by atoms with Crippen LogP contribution in [-0.4, -0.2) is 17.8 Å². The first kappa shape index (κ1) is 12.0. The average Bonchev–Trinajstić information content (AvgIpc) is 2.16. The first-order valence-electron chi connectivity index (χ1n) is 4.67. The number of benzene rings is 1. The second-order valence-corrected chi connectivity index (χ2v) is 3.85. The number of alkyl halides is 1. The maximum atomic E-state index is 13.0. The molecule has 0 aromatic heterocycles. The Labute approximate surface area is 93.4 Å². The summed E-state index contributed by atoms with van der Waals surface area (Å²) in [5.74, 6) is -0.371. The van der Waals surface area contributed by atoms with Crippen LogP contribution in [0.5, 0.6) is 0 Å². The van der Waals surface area contributed by atoms with Crippen molar-refractivity contribution in [3.05, 3.63) is 35.1 Å². The van der Waals surface area contributed by atoms with Crippen LogP contribution in [0, 0.1) is 12.7 Å². The number of nitrogens with one attached hydrogen (secondary N) is 1. The van der Waals surface area contributed by atoms with E-state index in [0.717, 1.165) is 5.56 Å². The molecule has 15 heavy (non-hydrogen) atoms. The smallest absolute Gasteiger partial charge is 0.251 e. The molecule has 0 fully saturated rings. The summed E-state index contributed by atoms with van der Waals surface area (Å²) in [6.45, 7) is 3.53. The SMILES string of the molecule is Cc1cc(F)cc(C(=O)NC(C)CCl)c1. The predicted octanol–water partition coefficient (Wildman–Crippen LogP) is 2.49. The van der Waals surface area contributed by atoms with Crippen molar-refractivity contribution in [3.63, 3.8) is 0 Å². The normalized spacial score (nSPS) is 12.3. The van der Waals surface area contributed by atoms with Gasteiger partial charge >= 0.3 is 0 Å². The third kappa shape index (κ3) is 3.51. The van der Waals surface area contributed by atoms with Crippen LogP contribution in [0.15, 0.2) is 18.2 Å². The topological polar surface area (TPSA) is 29.1 Å². The van der Waals surface area contributed by atoms with Gasteiger partial charge in [0.1, 0.15) is 5.82 Å². The maximum absolute atomic E-state index is 13.0. The molecule has 1 amide bonds. The summed E-state index contributed by atoms with van der Waals surface area (Å²) in [5.41, 5.74) is 1.04. The van der Waals surface area contributed by atoms with E-state index in [2.05, 4.69) is 5.32 Å². The second-order valence-electron chi connectivity index (χ2n) is 3.55. The molecule has 0 aliphatic heterocycles. The Morgan fingerprint density at radius 2 is 2.20 bits per heavy atom. The number of aryl methyl sites for hydroxylation is 1. The van der Waals surface area contributed by atoms with E-state index in [0.29, 0.717) is 11.4 Å². The molecule has 0 radical (unpaired) electrons. The molecule has 0 bridgehead atoms. The lowest BCUT2D eigenvalue weighted by atomic mass is 10.1. The number of hydrogen-bond acceptors (Lipinski definition) is 1. The minimum Gasteiger partial charge on any atom is -0.348 e. The summed E-state index contributed by atoms with van der Waals surface area (Å²) in [7, 11) is 0. The van der Waals surface area contributed by atoms with Crippen LogP contribution >= 0.6 is 11.6 Å². The van der Waals surface area contributed by atoms with E-state index in [1.54, 1.807) is 19.9 Å². The molecule has 2 nitrogen and oxygen atoms in total. The van der Waals surface area contributed by atoms with Gasteiger partial charge in [0.25, 0.3) is 5.91 Å². The van der Waals surface area contributed by atoms with Gasteiger partial charge in [0.05, 0.1) is 0 Å². The zero-order valence-electron chi connectivity index (χ0n) is 8.68. The molecular formula is C11H13ClFNO. The van der Waals surface area contributed by atoms with E-state index in [-0.39, 0.29) is 11.9 Å². The van der Waals surface area contributed by atoms with Gasteiger partial charge in [-0.1, -0.05) is 0 Å². The number of rotatable bonds is 3. The highest BCUT2D eigenvalue weighted by Gasteiger charge is 2.10. The molecule has 1 N–H and O–H groups in total. The lowest BCUT2D eigenvalue weighted by Crippen LogP contribution is -2.33. The maximum Gasteiger partial charge on any atom is 0.251 e. The van der Waals surface area contributed by atoms with Gasteiger partial charge in [-0.3, -0.25) is 4.79 Å². The Morgan fingerprint density at radius 3 is 2.73 bits per heavy atom. The largest absolute Gasteiger partial charge is 0.348 e. The molecule has 0 spiro atoms. The summed E-state index contributed by atoms with van der Waals surface area (Å²) in [4.78, 5) is 11.6. The van der Waals surface area contributed by atoms with E-state index in [9.17, 15) is 9.18 Å². The van der Waals surface area contributed by atoms with Crippen LogP contribution in [0.2, 0.25) is 0 Å². The van der Waals surface area contributed by atoms with E-state index < -0.39 is 5.82 Å². The molecule has 1 aromatic carbocycles. The summed E-state index contributed by atoms with van der Waals surface area (Å²) < 4.78 is 13.0. The Hall–Kier alpha value is -1.09. The number of hydrogen-bond donors (Lipinski definition) is 1. The molecule has 0 aliphatic rings. The fraction of sp³-hybridized carbons (Fsp3) is 0.364. The molecule has 82 valence electrons. The molecule has 1 unspecified atom stereocenters. The summed E-state index contributed by atoms with van der Waals surface area (Å²) in [6, 6.07) is 4.10. The number of halogens is 2. The van der Waals surface area contributed by atoms with Crippen molar-refractivity contribution in [2.24, 2.45) is 0 Å². The lowest BCUT2D eigenvalue weighted by Gasteiger charge is -2.10. The van der Waals surface area contributed by atoms with Crippen molar-refractivity contribution in [1.82, 2.24) is 5.32 Å². The Bertz CT molecular complexity index is 347. The van der Waals surface area contributed by atoms with Gasteiger partial charge in [0, 0.05) is 17.5 Å². The second kappa shape index (κ2) is 5.12. The molecule has 0 aliphatic carbocycles. The van der Waals surface area contributed by atoms with Gasteiger partial charge in [-0.15, -0.1) is 11.6 Å². The molecule has 1 aromatic rings. The summed E-state index contributed by atoms with van der Waals surface area (Å²) >= 11 is 5.56. The zero-order valence-corrected chi connectivity index (χ0v) is 9.44. The predicted molar refractivity (Wildman–Crippen MR) is 58.8 cm³/mol. The molecular weight excluding hydrogens is 217 g/mol. The fourth-order valence-corrected chi connectivity index (χ4v) is 1.29. The monoisotopic (exact) mass is 229 g/mol. The van der Waals surface area contributed by atoms with Gasteiger partial charge in [0.2, 0.25) is 0 Å². The molecule has 0 saturated heterocycles. The Kier molecular flexibility index (Phi) is 4.09. The highest BCUT2D eigenvalue weighted by Crippen LogP contribution is 2.08. The molecule has 0 heterocycles. The van der Waals surface area contributed by atoms with Crippen molar-refractivity contribution < 1.29 is 9.18 Å². The van der Waals surface area contributed by atoms with Gasteiger partial charge in [-0.05, 0) is 37.6 Å². The van der Waals surface area contributed by atoms with Crippen LogP contribution in [-0.2, 0) is 0 Å². The quantitative estimate of drug-likeness (QED) is 0.793. The van der Waals surface area contributed by atoms with E-state index in [1.165, 1.54) is 12.1 Å². The molecule has 1 rings (SSSR count). The summed E-state index contributed by atoms with van der Waals surface area (Å²) in [6.07, 6.45) is 0. The minimum atomic E-state index is -0.404. The van der Waals surface area contributed by atoms with Crippen molar-refractivity contribution >= 4 is 17.5 Å². The van der Waals surface area contributed by atoms with Crippen molar-refractivity contribution in [3.8, 4) is 0 Å². The number of carbonyl (C=O) groups is 1. The lowest BCUT2D eigenvalue weighted by molar-refractivity contribution is 0.0943. The highest BCUT2D eigenvalue weighted by atomic mass is 35.5. The van der Waals surface area contributed by atoms with Crippen molar-refractivity contribution in [2.45, 2.75) is 19.9 Å². The third-order valence-corrected chi connectivity index (χ3v) is 2.38. The van der Waals surface area contributed by atoms with Gasteiger partial charge in [-0.25, -0.2) is 4.39 Å². The average molecular weight is 230 g/mol.